The molecule has 0 saturated heterocycles. The Morgan fingerprint density at radius 3 is 2.39 bits per heavy atom. The summed E-state index contributed by atoms with van der Waals surface area (Å²) in [5, 5.41) is 0.844. The third kappa shape index (κ3) is 1.85. The van der Waals surface area contributed by atoms with Gasteiger partial charge in [0, 0.05) is 10.9 Å². The molecule has 3 heteroatoms. The first-order chi connectivity index (χ1) is 8.75. The van der Waals surface area contributed by atoms with Crippen LogP contribution in [0.1, 0.15) is 0 Å². The van der Waals surface area contributed by atoms with E-state index in [9.17, 15) is 4.39 Å². The van der Waals surface area contributed by atoms with E-state index >= 15 is 0 Å². The third-order valence-corrected chi connectivity index (χ3v) is 3.11. The molecule has 2 aromatic carbocycles. The topological polar surface area (TPSA) is 12.9 Å². The average Bonchev–Trinajstić information content (AvgIpc) is 2.44. The Hall–Kier alpha value is -1.93. The van der Waals surface area contributed by atoms with Crippen LogP contribution in [0.15, 0.2) is 54.6 Å². The molecule has 0 N–H and O–H groups in total. The fourth-order valence-corrected chi connectivity index (χ4v) is 2.05. The molecule has 88 valence electrons. The molecule has 0 aliphatic rings. The lowest BCUT2D eigenvalue weighted by molar-refractivity contribution is 0.637. The number of nitrogens with zero attached hydrogens (tertiary/aromatic N) is 1. The highest BCUT2D eigenvalue weighted by Crippen LogP contribution is 2.26. The van der Waals surface area contributed by atoms with Gasteiger partial charge in [0.05, 0.1) is 10.7 Å². The minimum absolute atomic E-state index is 0.0974. The van der Waals surface area contributed by atoms with Gasteiger partial charge in [-0.15, -0.1) is 0 Å². The lowest BCUT2D eigenvalue weighted by Gasteiger charge is -2.04. The molecule has 0 saturated carbocycles. The number of hydrogen-bond donors (Lipinski definition) is 0. The van der Waals surface area contributed by atoms with Crippen LogP contribution in [0.4, 0.5) is 4.39 Å². The standard InChI is InChI=1S/C15H9ClFN/c16-12-8-6-11-7-9-13(18-15(11)14(12)17)10-4-2-1-3-5-10/h1-9H. The Kier molecular flexibility index (Phi) is 2.73. The second-order valence-electron chi connectivity index (χ2n) is 4.00. The molecule has 0 radical (unpaired) electrons. The van der Waals surface area contributed by atoms with Crippen LogP contribution in [0.2, 0.25) is 5.02 Å². The van der Waals surface area contributed by atoms with Crippen molar-refractivity contribution in [1.29, 1.82) is 0 Å². The van der Waals surface area contributed by atoms with Crippen molar-refractivity contribution >= 4 is 22.5 Å². The molecule has 18 heavy (non-hydrogen) atoms. The van der Waals surface area contributed by atoms with Crippen LogP contribution in [0.5, 0.6) is 0 Å². The van der Waals surface area contributed by atoms with Crippen molar-refractivity contribution in [2.75, 3.05) is 0 Å². The summed E-state index contributed by atoms with van der Waals surface area (Å²) in [7, 11) is 0. The van der Waals surface area contributed by atoms with Crippen LogP contribution in [-0.2, 0) is 0 Å². The lowest BCUT2D eigenvalue weighted by Crippen LogP contribution is -1.89. The summed E-state index contributed by atoms with van der Waals surface area (Å²) >= 11 is 5.77. The van der Waals surface area contributed by atoms with Crippen LogP contribution in [0.3, 0.4) is 0 Å². The van der Waals surface area contributed by atoms with Crippen molar-refractivity contribution in [1.82, 2.24) is 4.98 Å². The van der Waals surface area contributed by atoms with Crippen LogP contribution < -0.4 is 0 Å². The quantitative estimate of drug-likeness (QED) is 0.616. The number of pyridine rings is 1. The molecule has 0 fully saturated rings. The maximum atomic E-state index is 13.9. The van der Waals surface area contributed by atoms with Gasteiger partial charge in [-0.2, -0.15) is 0 Å². The Labute approximate surface area is 109 Å². The zero-order chi connectivity index (χ0) is 12.5. The summed E-state index contributed by atoms with van der Waals surface area (Å²) < 4.78 is 13.9. The van der Waals surface area contributed by atoms with Crippen molar-refractivity contribution < 1.29 is 4.39 Å². The fraction of sp³-hybridized carbons (Fsp3) is 0. The largest absolute Gasteiger partial charge is 0.245 e. The number of fused-ring (bicyclic) bond motifs is 1. The first kappa shape index (κ1) is 11.2. The highest BCUT2D eigenvalue weighted by Gasteiger charge is 2.08. The molecule has 3 aromatic rings. The highest BCUT2D eigenvalue weighted by molar-refractivity contribution is 6.31. The first-order valence-corrected chi connectivity index (χ1v) is 5.94. The molecule has 0 bridgehead atoms. The van der Waals surface area contributed by atoms with E-state index in [1.54, 1.807) is 12.1 Å². The van der Waals surface area contributed by atoms with E-state index < -0.39 is 5.82 Å². The maximum absolute atomic E-state index is 13.9. The predicted molar refractivity (Wildman–Crippen MR) is 72.1 cm³/mol. The van der Waals surface area contributed by atoms with Gasteiger partial charge in [-0.05, 0) is 12.1 Å². The Balaban J connectivity index is 2.25. The van der Waals surface area contributed by atoms with Crippen molar-refractivity contribution in [2.24, 2.45) is 0 Å². The van der Waals surface area contributed by atoms with Gasteiger partial charge in [-0.3, -0.25) is 0 Å². The minimum Gasteiger partial charge on any atom is -0.245 e. The molecule has 0 atom stereocenters. The van der Waals surface area contributed by atoms with Crippen LogP contribution in [0.25, 0.3) is 22.2 Å². The Bertz CT molecular complexity index is 710. The SMILES string of the molecule is Fc1c(Cl)ccc2ccc(-c3ccccc3)nc12. The van der Waals surface area contributed by atoms with E-state index in [4.69, 9.17) is 11.6 Å². The monoisotopic (exact) mass is 257 g/mol. The zero-order valence-corrected chi connectivity index (χ0v) is 10.2. The maximum Gasteiger partial charge on any atom is 0.167 e. The number of benzene rings is 2. The van der Waals surface area contributed by atoms with Gasteiger partial charge in [0.1, 0.15) is 5.52 Å². The highest BCUT2D eigenvalue weighted by atomic mass is 35.5. The summed E-state index contributed by atoms with van der Waals surface area (Å²) in [4.78, 5) is 4.35. The summed E-state index contributed by atoms with van der Waals surface area (Å²) in [6, 6.07) is 16.7. The molecule has 1 aromatic heterocycles. The molecule has 0 aliphatic carbocycles. The van der Waals surface area contributed by atoms with E-state index in [-0.39, 0.29) is 5.02 Å². The molecule has 0 aliphatic heterocycles. The number of aromatic nitrogens is 1. The molecule has 0 unspecified atom stereocenters. The van der Waals surface area contributed by atoms with E-state index in [1.807, 2.05) is 42.5 Å². The second-order valence-corrected chi connectivity index (χ2v) is 4.40. The van der Waals surface area contributed by atoms with Gasteiger partial charge < -0.3 is 0 Å². The molecule has 0 amide bonds. The average molecular weight is 258 g/mol. The van der Waals surface area contributed by atoms with E-state index in [0.717, 1.165) is 16.6 Å². The van der Waals surface area contributed by atoms with Crippen molar-refractivity contribution in [3.05, 3.63) is 65.4 Å². The third-order valence-electron chi connectivity index (χ3n) is 2.82. The molecular formula is C15H9ClFN. The number of halogens is 2. The van der Waals surface area contributed by atoms with E-state index in [2.05, 4.69) is 4.98 Å². The Morgan fingerprint density at radius 2 is 1.61 bits per heavy atom. The summed E-state index contributed by atoms with van der Waals surface area (Å²) in [6.45, 7) is 0. The van der Waals surface area contributed by atoms with Crippen molar-refractivity contribution in [3.8, 4) is 11.3 Å². The van der Waals surface area contributed by atoms with Gasteiger partial charge >= 0.3 is 0 Å². The first-order valence-electron chi connectivity index (χ1n) is 5.56. The molecular weight excluding hydrogens is 249 g/mol. The van der Waals surface area contributed by atoms with Gasteiger partial charge in [-0.1, -0.05) is 54.1 Å². The van der Waals surface area contributed by atoms with Gasteiger partial charge in [0.15, 0.2) is 5.82 Å². The summed E-state index contributed by atoms with van der Waals surface area (Å²) in [6.07, 6.45) is 0. The number of hydrogen-bond acceptors (Lipinski definition) is 1. The van der Waals surface area contributed by atoms with Crippen LogP contribution >= 0.6 is 11.6 Å². The smallest absolute Gasteiger partial charge is 0.167 e. The van der Waals surface area contributed by atoms with Gasteiger partial charge in [0.25, 0.3) is 0 Å². The van der Waals surface area contributed by atoms with Gasteiger partial charge in [0.2, 0.25) is 0 Å². The molecule has 1 nitrogen and oxygen atoms in total. The Morgan fingerprint density at radius 1 is 0.889 bits per heavy atom. The van der Waals surface area contributed by atoms with Crippen molar-refractivity contribution in [2.45, 2.75) is 0 Å². The van der Waals surface area contributed by atoms with Crippen molar-refractivity contribution in [3.63, 3.8) is 0 Å². The minimum atomic E-state index is -0.466. The predicted octanol–water partition coefficient (Wildman–Crippen LogP) is 4.69. The van der Waals surface area contributed by atoms with Crippen LogP contribution in [-0.4, -0.2) is 4.98 Å². The van der Waals surface area contributed by atoms with Gasteiger partial charge in [-0.25, -0.2) is 9.37 Å². The van der Waals surface area contributed by atoms with Crippen LogP contribution in [0, 0.1) is 5.82 Å². The molecule has 0 spiro atoms. The lowest BCUT2D eigenvalue weighted by atomic mass is 10.1. The normalized spacial score (nSPS) is 10.8. The summed E-state index contributed by atoms with van der Waals surface area (Å²) in [5.74, 6) is -0.466. The zero-order valence-electron chi connectivity index (χ0n) is 9.40. The van der Waals surface area contributed by atoms with E-state index in [0.29, 0.717) is 5.52 Å². The van der Waals surface area contributed by atoms with E-state index in [1.165, 1.54) is 0 Å². The molecule has 1 heterocycles. The second kappa shape index (κ2) is 4.39. The molecule has 3 rings (SSSR count). The summed E-state index contributed by atoms with van der Waals surface area (Å²) in [5.41, 5.74) is 2.01. The number of rotatable bonds is 1. The fourth-order valence-electron chi connectivity index (χ4n) is 1.90.